The smallest absolute Gasteiger partial charge is 0.170 e. The first-order chi connectivity index (χ1) is 5.94. The third-order valence-electron chi connectivity index (χ3n) is 1.94. The number of nitrogens with two attached hydrogens (primary N) is 1. The van der Waals surface area contributed by atoms with E-state index in [1.165, 1.54) is 0 Å². The van der Waals surface area contributed by atoms with Crippen LogP contribution in [0.1, 0.15) is 39.0 Å². The summed E-state index contributed by atoms with van der Waals surface area (Å²) in [5.74, 6) is 1.48. The highest BCUT2D eigenvalue weighted by atomic mass is 16.5. The molecule has 0 unspecified atom stereocenters. The highest BCUT2D eigenvalue weighted by molar-refractivity contribution is 5.40. The topological polar surface area (TPSA) is 52.0 Å². The van der Waals surface area contributed by atoms with E-state index in [2.05, 4.69) is 32.9 Å². The van der Waals surface area contributed by atoms with Gasteiger partial charge in [0, 0.05) is 12.0 Å². The van der Waals surface area contributed by atoms with Gasteiger partial charge in [0.1, 0.15) is 5.76 Å². The third kappa shape index (κ3) is 2.47. The first-order valence-electron chi connectivity index (χ1n) is 4.67. The molecule has 2 N–H and O–H groups in total. The van der Waals surface area contributed by atoms with E-state index in [9.17, 15) is 0 Å². The lowest BCUT2D eigenvalue weighted by molar-refractivity contribution is 0.319. The Labute approximate surface area is 79.3 Å². The Kier molecular flexibility index (Phi) is 2.64. The van der Waals surface area contributed by atoms with Gasteiger partial charge in [0.05, 0.1) is 0 Å². The Morgan fingerprint density at radius 3 is 2.46 bits per heavy atom. The average Bonchev–Trinajstić information content (AvgIpc) is 2.28. The number of anilines is 1. The fourth-order valence-corrected chi connectivity index (χ4v) is 1.36. The Bertz CT molecular complexity index is 284. The van der Waals surface area contributed by atoms with Crippen molar-refractivity contribution in [3.05, 3.63) is 11.3 Å². The molecule has 0 saturated carbocycles. The van der Waals surface area contributed by atoms with Gasteiger partial charge in [-0.1, -0.05) is 32.9 Å². The van der Waals surface area contributed by atoms with Crippen LogP contribution in [-0.4, -0.2) is 5.16 Å². The van der Waals surface area contributed by atoms with Crippen LogP contribution in [0, 0.1) is 5.41 Å². The number of nitrogen functional groups attached to an aromatic ring is 1. The van der Waals surface area contributed by atoms with Crippen LogP contribution >= 0.6 is 0 Å². The first kappa shape index (κ1) is 10.1. The molecule has 1 aromatic heterocycles. The Hall–Kier alpha value is -0.990. The molecule has 3 heteroatoms. The molecule has 0 spiro atoms. The van der Waals surface area contributed by atoms with Gasteiger partial charge in [-0.15, -0.1) is 0 Å². The maximum atomic E-state index is 5.67. The molecule has 1 rings (SSSR count). The molecule has 1 heterocycles. The molecule has 13 heavy (non-hydrogen) atoms. The number of rotatable bonds is 2. The van der Waals surface area contributed by atoms with Crippen LogP contribution in [0.25, 0.3) is 0 Å². The summed E-state index contributed by atoms with van der Waals surface area (Å²) >= 11 is 0. The van der Waals surface area contributed by atoms with E-state index in [0.717, 1.165) is 24.2 Å². The van der Waals surface area contributed by atoms with Gasteiger partial charge in [-0.05, 0) is 11.8 Å². The molecule has 1 aromatic rings. The summed E-state index contributed by atoms with van der Waals surface area (Å²) in [6, 6.07) is 0. The van der Waals surface area contributed by atoms with Crippen molar-refractivity contribution in [3.8, 4) is 0 Å². The lowest BCUT2D eigenvalue weighted by atomic mass is 9.89. The molecule has 0 amide bonds. The maximum absolute atomic E-state index is 5.67. The zero-order chi connectivity index (χ0) is 10.1. The number of aromatic nitrogens is 1. The summed E-state index contributed by atoms with van der Waals surface area (Å²) in [5.41, 5.74) is 6.95. The third-order valence-corrected chi connectivity index (χ3v) is 1.94. The van der Waals surface area contributed by atoms with Gasteiger partial charge in [-0.25, -0.2) is 0 Å². The van der Waals surface area contributed by atoms with Crippen molar-refractivity contribution in [2.75, 3.05) is 5.73 Å². The van der Waals surface area contributed by atoms with E-state index < -0.39 is 0 Å². The van der Waals surface area contributed by atoms with Gasteiger partial charge in [-0.2, -0.15) is 0 Å². The summed E-state index contributed by atoms with van der Waals surface area (Å²) in [5, 5.41) is 3.77. The fraction of sp³-hybridized carbons (Fsp3) is 0.700. The van der Waals surface area contributed by atoms with Crippen molar-refractivity contribution >= 4 is 5.82 Å². The molecule has 74 valence electrons. The van der Waals surface area contributed by atoms with Gasteiger partial charge in [-0.3, -0.25) is 0 Å². The molecule has 3 nitrogen and oxygen atoms in total. The monoisotopic (exact) mass is 182 g/mol. The lowest BCUT2D eigenvalue weighted by Crippen LogP contribution is -2.10. The fourth-order valence-electron chi connectivity index (χ4n) is 1.36. The molecular formula is C10H18N2O. The van der Waals surface area contributed by atoms with E-state index in [4.69, 9.17) is 10.3 Å². The van der Waals surface area contributed by atoms with E-state index in [1.807, 2.05) is 0 Å². The van der Waals surface area contributed by atoms with Crippen molar-refractivity contribution in [3.63, 3.8) is 0 Å². The minimum absolute atomic E-state index is 0.218. The normalized spacial score (nSPS) is 12.0. The van der Waals surface area contributed by atoms with Gasteiger partial charge < -0.3 is 10.3 Å². The number of hydrogen-bond acceptors (Lipinski definition) is 3. The van der Waals surface area contributed by atoms with E-state index in [1.54, 1.807) is 0 Å². The molecule has 0 aromatic carbocycles. The van der Waals surface area contributed by atoms with Crippen LogP contribution in [0.4, 0.5) is 5.82 Å². The molecule has 0 aliphatic heterocycles. The summed E-state index contributed by atoms with van der Waals surface area (Å²) < 4.78 is 5.19. The Balaban J connectivity index is 2.89. The quantitative estimate of drug-likeness (QED) is 0.764. The van der Waals surface area contributed by atoms with Crippen molar-refractivity contribution in [1.29, 1.82) is 0 Å². The summed E-state index contributed by atoms with van der Waals surface area (Å²) in [6.45, 7) is 8.58. The molecule has 0 fully saturated rings. The first-order valence-corrected chi connectivity index (χ1v) is 4.67. The molecule has 0 radical (unpaired) electrons. The zero-order valence-electron chi connectivity index (χ0n) is 8.85. The molecule has 0 aliphatic rings. The van der Waals surface area contributed by atoms with Crippen LogP contribution in [0.3, 0.4) is 0 Å². The zero-order valence-corrected chi connectivity index (χ0v) is 8.85. The molecule has 0 atom stereocenters. The second kappa shape index (κ2) is 3.40. The van der Waals surface area contributed by atoms with Crippen LogP contribution in [-0.2, 0) is 12.8 Å². The lowest BCUT2D eigenvalue weighted by Gasteiger charge is -2.16. The van der Waals surface area contributed by atoms with Crippen LogP contribution in [0.15, 0.2) is 4.52 Å². The van der Waals surface area contributed by atoms with Crippen molar-refractivity contribution in [2.45, 2.75) is 40.5 Å². The Morgan fingerprint density at radius 2 is 2.00 bits per heavy atom. The van der Waals surface area contributed by atoms with Gasteiger partial charge >= 0.3 is 0 Å². The van der Waals surface area contributed by atoms with E-state index in [0.29, 0.717) is 5.82 Å². The minimum atomic E-state index is 0.218. The number of hydrogen-bond donors (Lipinski definition) is 1. The molecule has 0 aliphatic carbocycles. The highest BCUT2D eigenvalue weighted by Gasteiger charge is 2.19. The summed E-state index contributed by atoms with van der Waals surface area (Å²) in [6.07, 6.45) is 1.78. The van der Waals surface area contributed by atoms with Gasteiger partial charge in [0.25, 0.3) is 0 Å². The van der Waals surface area contributed by atoms with Gasteiger partial charge in [0.15, 0.2) is 5.82 Å². The second-order valence-electron chi connectivity index (χ2n) is 4.56. The molecule has 0 bridgehead atoms. The second-order valence-corrected chi connectivity index (χ2v) is 4.56. The summed E-state index contributed by atoms with van der Waals surface area (Å²) in [7, 11) is 0. The Morgan fingerprint density at radius 1 is 1.38 bits per heavy atom. The van der Waals surface area contributed by atoms with Crippen LogP contribution in [0.2, 0.25) is 0 Å². The highest BCUT2D eigenvalue weighted by Crippen LogP contribution is 2.25. The molecular weight excluding hydrogens is 164 g/mol. The van der Waals surface area contributed by atoms with Crippen molar-refractivity contribution in [2.24, 2.45) is 5.41 Å². The standard InChI is InChI=1S/C10H18N2O/c1-5-7-8(6-10(2,3)4)13-12-9(7)11/h5-6H2,1-4H3,(H2,11,12). The van der Waals surface area contributed by atoms with Gasteiger partial charge in [0.2, 0.25) is 0 Å². The number of nitrogens with zero attached hydrogens (tertiary/aromatic N) is 1. The van der Waals surface area contributed by atoms with E-state index in [-0.39, 0.29) is 5.41 Å². The molecule has 0 saturated heterocycles. The minimum Gasteiger partial charge on any atom is -0.381 e. The van der Waals surface area contributed by atoms with Crippen LogP contribution < -0.4 is 5.73 Å². The SMILES string of the molecule is CCc1c(N)noc1CC(C)(C)C. The summed E-state index contributed by atoms with van der Waals surface area (Å²) in [4.78, 5) is 0. The largest absolute Gasteiger partial charge is 0.381 e. The average molecular weight is 182 g/mol. The van der Waals surface area contributed by atoms with Crippen LogP contribution in [0.5, 0.6) is 0 Å². The van der Waals surface area contributed by atoms with E-state index >= 15 is 0 Å². The maximum Gasteiger partial charge on any atom is 0.170 e. The van der Waals surface area contributed by atoms with Crippen molar-refractivity contribution in [1.82, 2.24) is 5.16 Å². The predicted molar refractivity (Wildman–Crippen MR) is 53.5 cm³/mol. The van der Waals surface area contributed by atoms with Crippen molar-refractivity contribution < 1.29 is 4.52 Å². The predicted octanol–water partition coefficient (Wildman–Crippen LogP) is 2.41.